The Kier molecular flexibility index (Phi) is 4.53. The summed E-state index contributed by atoms with van der Waals surface area (Å²) in [6, 6.07) is 9.00. The molecule has 6 nitrogen and oxygen atoms in total. The van der Waals surface area contributed by atoms with E-state index in [9.17, 15) is 22.9 Å². The number of nitrogens with one attached hydrogen (secondary N) is 1. The number of aryl methyl sites for hydroxylation is 1. The minimum atomic E-state index is -3.90. The van der Waals surface area contributed by atoms with Gasteiger partial charge in [0.1, 0.15) is 5.82 Å². The van der Waals surface area contributed by atoms with E-state index in [1.807, 2.05) is 0 Å². The number of sulfonamides is 1. The van der Waals surface area contributed by atoms with Crippen LogP contribution in [-0.4, -0.2) is 13.3 Å². The summed E-state index contributed by atoms with van der Waals surface area (Å²) in [6.07, 6.45) is 0. The van der Waals surface area contributed by atoms with Crippen LogP contribution in [0.25, 0.3) is 0 Å². The minimum absolute atomic E-state index is 0.0370. The second-order valence-corrected chi connectivity index (χ2v) is 6.39. The van der Waals surface area contributed by atoms with Crippen molar-refractivity contribution < 1.29 is 17.7 Å². The summed E-state index contributed by atoms with van der Waals surface area (Å²) in [4.78, 5) is 9.95. The minimum Gasteiger partial charge on any atom is -0.258 e. The number of nitro benzene ring substituents is 1. The predicted octanol–water partition coefficient (Wildman–Crippen LogP) is 2.52. The topological polar surface area (TPSA) is 89.3 Å². The highest BCUT2D eigenvalue weighted by Crippen LogP contribution is 2.21. The fraction of sp³-hybridized carbons (Fsp3) is 0.143. The van der Waals surface area contributed by atoms with Crippen molar-refractivity contribution in [3.63, 3.8) is 0 Å². The molecule has 0 aromatic heterocycles. The van der Waals surface area contributed by atoms with Crippen molar-refractivity contribution in [2.24, 2.45) is 0 Å². The summed E-state index contributed by atoms with van der Waals surface area (Å²) in [5.41, 5.74) is 0.679. The summed E-state index contributed by atoms with van der Waals surface area (Å²) in [6.45, 7) is 1.51. The lowest BCUT2D eigenvalue weighted by Gasteiger charge is -2.09. The van der Waals surface area contributed by atoms with Crippen LogP contribution < -0.4 is 4.72 Å². The summed E-state index contributed by atoms with van der Waals surface area (Å²) in [7, 11) is -3.90. The number of nitro groups is 1. The lowest BCUT2D eigenvalue weighted by molar-refractivity contribution is -0.385. The maximum Gasteiger partial charge on any atom is 0.270 e. The molecule has 116 valence electrons. The molecule has 2 rings (SSSR count). The van der Waals surface area contributed by atoms with E-state index in [1.165, 1.54) is 36.4 Å². The highest BCUT2D eigenvalue weighted by atomic mass is 32.2. The lowest BCUT2D eigenvalue weighted by Crippen LogP contribution is -2.24. The van der Waals surface area contributed by atoms with Gasteiger partial charge in [-0.2, -0.15) is 0 Å². The molecule has 0 amide bonds. The zero-order valence-corrected chi connectivity index (χ0v) is 12.4. The Morgan fingerprint density at radius 1 is 1.18 bits per heavy atom. The van der Waals surface area contributed by atoms with Crippen LogP contribution in [0.15, 0.2) is 47.4 Å². The molecule has 2 aromatic rings. The Balaban J connectivity index is 2.25. The standard InChI is InChI=1S/C14H13FN2O4S/c1-10-2-7-13(17(18)19)8-14(10)22(20,21)16-9-11-3-5-12(15)6-4-11/h2-8,16H,9H2,1H3. The molecule has 0 aliphatic heterocycles. The van der Waals surface area contributed by atoms with Crippen molar-refractivity contribution in [3.05, 3.63) is 69.5 Å². The average Bonchev–Trinajstić information content (AvgIpc) is 2.46. The van der Waals surface area contributed by atoms with Crippen LogP contribution in [0.3, 0.4) is 0 Å². The number of benzene rings is 2. The van der Waals surface area contributed by atoms with Crippen molar-refractivity contribution >= 4 is 15.7 Å². The third-order valence-electron chi connectivity index (χ3n) is 3.05. The molecule has 0 fully saturated rings. The molecule has 0 bridgehead atoms. The fourth-order valence-electron chi connectivity index (χ4n) is 1.85. The van der Waals surface area contributed by atoms with Crippen molar-refractivity contribution in [1.82, 2.24) is 4.72 Å². The van der Waals surface area contributed by atoms with Gasteiger partial charge in [-0.1, -0.05) is 18.2 Å². The highest BCUT2D eigenvalue weighted by molar-refractivity contribution is 7.89. The average molecular weight is 324 g/mol. The van der Waals surface area contributed by atoms with E-state index in [0.717, 1.165) is 6.07 Å². The number of rotatable bonds is 5. The first kappa shape index (κ1) is 16.1. The van der Waals surface area contributed by atoms with Gasteiger partial charge in [-0.15, -0.1) is 0 Å². The first-order valence-electron chi connectivity index (χ1n) is 6.29. The molecule has 0 radical (unpaired) electrons. The molecule has 0 spiro atoms. The SMILES string of the molecule is Cc1ccc([N+](=O)[O-])cc1S(=O)(=O)NCc1ccc(F)cc1. The highest BCUT2D eigenvalue weighted by Gasteiger charge is 2.20. The zero-order valence-electron chi connectivity index (χ0n) is 11.6. The van der Waals surface area contributed by atoms with E-state index < -0.39 is 20.8 Å². The summed E-state index contributed by atoms with van der Waals surface area (Å²) in [5.74, 6) is -0.416. The molecule has 0 heterocycles. The van der Waals surface area contributed by atoms with Gasteiger partial charge in [0.05, 0.1) is 9.82 Å². The Bertz CT molecular complexity index is 804. The largest absolute Gasteiger partial charge is 0.270 e. The predicted molar refractivity (Wildman–Crippen MR) is 78.3 cm³/mol. The van der Waals surface area contributed by atoms with Gasteiger partial charge in [0.15, 0.2) is 0 Å². The second-order valence-electron chi connectivity index (χ2n) is 4.66. The third-order valence-corrected chi connectivity index (χ3v) is 4.59. The lowest BCUT2D eigenvalue weighted by atomic mass is 10.2. The van der Waals surface area contributed by atoms with Gasteiger partial charge >= 0.3 is 0 Å². The molecular formula is C14H13FN2O4S. The van der Waals surface area contributed by atoms with E-state index in [4.69, 9.17) is 0 Å². The van der Waals surface area contributed by atoms with E-state index in [2.05, 4.69) is 4.72 Å². The summed E-state index contributed by atoms with van der Waals surface area (Å²) >= 11 is 0. The molecule has 0 aliphatic rings. The van der Waals surface area contributed by atoms with Crippen LogP contribution in [0.2, 0.25) is 0 Å². The Morgan fingerprint density at radius 2 is 1.82 bits per heavy atom. The van der Waals surface area contributed by atoms with E-state index in [-0.39, 0.29) is 17.1 Å². The maximum absolute atomic E-state index is 12.8. The molecule has 1 N–H and O–H groups in total. The number of hydrogen-bond acceptors (Lipinski definition) is 4. The van der Waals surface area contributed by atoms with Gasteiger partial charge in [-0.25, -0.2) is 17.5 Å². The molecule has 0 saturated heterocycles. The molecule has 0 atom stereocenters. The number of hydrogen-bond donors (Lipinski definition) is 1. The first-order valence-corrected chi connectivity index (χ1v) is 7.77. The number of halogens is 1. The smallest absolute Gasteiger partial charge is 0.258 e. The van der Waals surface area contributed by atoms with Crippen LogP contribution >= 0.6 is 0 Å². The normalized spacial score (nSPS) is 11.4. The van der Waals surface area contributed by atoms with Crippen LogP contribution in [0.5, 0.6) is 0 Å². The quantitative estimate of drug-likeness (QED) is 0.676. The third kappa shape index (κ3) is 3.66. The Hall–Kier alpha value is -2.32. The molecular weight excluding hydrogens is 311 g/mol. The fourth-order valence-corrected chi connectivity index (χ4v) is 3.13. The van der Waals surface area contributed by atoms with Gasteiger partial charge in [0.2, 0.25) is 10.0 Å². The van der Waals surface area contributed by atoms with Gasteiger partial charge in [-0.05, 0) is 30.2 Å². The molecule has 0 unspecified atom stereocenters. The van der Waals surface area contributed by atoms with Crippen LogP contribution in [0.4, 0.5) is 10.1 Å². The Labute approximate surface area is 126 Å². The maximum atomic E-state index is 12.8. The monoisotopic (exact) mass is 324 g/mol. The molecule has 2 aromatic carbocycles. The van der Waals surface area contributed by atoms with E-state index >= 15 is 0 Å². The van der Waals surface area contributed by atoms with Crippen molar-refractivity contribution in [3.8, 4) is 0 Å². The van der Waals surface area contributed by atoms with Gasteiger partial charge in [0.25, 0.3) is 5.69 Å². The second kappa shape index (κ2) is 6.20. The zero-order chi connectivity index (χ0) is 16.3. The Morgan fingerprint density at radius 3 is 2.41 bits per heavy atom. The van der Waals surface area contributed by atoms with Crippen molar-refractivity contribution in [2.75, 3.05) is 0 Å². The van der Waals surface area contributed by atoms with Gasteiger partial charge in [-0.3, -0.25) is 10.1 Å². The van der Waals surface area contributed by atoms with E-state index in [0.29, 0.717) is 11.1 Å². The van der Waals surface area contributed by atoms with Crippen molar-refractivity contribution in [2.45, 2.75) is 18.4 Å². The number of non-ortho nitro benzene ring substituents is 1. The summed E-state index contributed by atoms with van der Waals surface area (Å²) < 4.78 is 39.7. The van der Waals surface area contributed by atoms with Crippen LogP contribution in [-0.2, 0) is 16.6 Å². The number of nitrogens with zero attached hydrogens (tertiary/aromatic N) is 1. The van der Waals surface area contributed by atoms with E-state index in [1.54, 1.807) is 6.92 Å². The summed E-state index contributed by atoms with van der Waals surface area (Å²) in [5, 5.41) is 10.8. The molecule has 22 heavy (non-hydrogen) atoms. The molecule has 8 heteroatoms. The van der Waals surface area contributed by atoms with Crippen LogP contribution in [0.1, 0.15) is 11.1 Å². The van der Waals surface area contributed by atoms with Crippen LogP contribution in [0, 0.1) is 22.9 Å². The molecule has 0 aliphatic carbocycles. The van der Waals surface area contributed by atoms with Gasteiger partial charge in [0, 0.05) is 18.7 Å². The molecule has 0 saturated carbocycles. The first-order chi connectivity index (χ1) is 10.3. The van der Waals surface area contributed by atoms with Crippen molar-refractivity contribution in [1.29, 1.82) is 0 Å². The van der Waals surface area contributed by atoms with Gasteiger partial charge < -0.3 is 0 Å².